The zero-order valence-corrected chi connectivity index (χ0v) is 8.64. The van der Waals surface area contributed by atoms with Crippen LogP contribution in [0.1, 0.15) is 5.56 Å². The van der Waals surface area contributed by atoms with E-state index in [4.69, 9.17) is 5.11 Å². The molecule has 0 heterocycles. The summed E-state index contributed by atoms with van der Waals surface area (Å²) < 4.78 is 56.4. The van der Waals surface area contributed by atoms with E-state index < -0.39 is 41.3 Å². The van der Waals surface area contributed by atoms with E-state index >= 15 is 0 Å². The second-order valence-corrected chi connectivity index (χ2v) is 3.25. The summed E-state index contributed by atoms with van der Waals surface area (Å²) >= 11 is 0. The first kappa shape index (κ1) is 13.3. The Morgan fingerprint density at radius 1 is 1.41 bits per heavy atom. The third kappa shape index (κ3) is 2.86. The molecule has 0 unspecified atom stereocenters. The molecular weight excluding hydrogens is 244 g/mol. The van der Waals surface area contributed by atoms with Crippen LogP contribution in [0, 0.1) is 11.6 Å². The van der Waals surface area contributed by atoms with Crippen molar-refractivity contribution in [2.45, 2.75) is 12.3 Å². The monoisotopic (exact) mass is 252 g/mol. The number of hydrogen-bond donors (Lipinski definition) is 1. The summed E-state index contributed by atoms with van der Waals surface area (Å²) in [6.07, 6.45) is -1.41. The van der Waals surface area contributed by atoms with Crippen LogP contribution in [0.3, 0.4) is 0 Å². The first-order valence-corrected chi connectivity index (χ1v) is 4.41. The number of carboxylic acids is 1. The van der Waals surface area contributed by atoms with Crippen molar-refractivity contribution in [2.75, 3.05) is 7.11 Å². The molecule has 0 spiro atoms. The van der Waals surface area contributed by atoms with Gasteiger partial charge >= 0.3 is 11.9 Å². The molecule has 0 aliphatic rings. The van der Waals surface area contributed by atoms with E-state index in [1.165, 1.54) is 0 Å². The molecule has 0 radical (unpaired) electrons. The molecule has 0 fully saturated rings. The molecular formula is C10H8F4O3. The lowest BCUT2D eigenvalue weighted by molar-refractivity contribution is -0.164. The smallest absolute Gasteiger partial charge is 0.374 e. The summed E-state index contributed by atoms with van der Waals surface area (Å²) in [5, 5.41) is 8.22. The largest absolute Gasteiger partial charge is 0.496 e. The van der Waals surface area contributed by atoms with E-state index in [1.807, 2.05) is 0 Å². The Balaban J connectivity index is 3.18. The van der Waals surface area contributed by atoms with Gasteiger partial charge in [0.25, 0.3) is 0 Å². The van der Waals surface area contributed by atoms with Crippen LogP contribution >= 0.6 is 0 Å². The number of alkyl halides is 2. The Morgan fingerprint density at radius 2 is 2.00 bits per heavy atom. The highest BCUT2D eigenvalue weighted by Gasteiger charge is 2.40. The van der Waals surface area contributed by atoms with E-state index in [0.717, 1.165) is 7.11 Å². The Bertz CT molecular complexity index is 445. The second kappa shape index (κ2) is 4.60. The molecule has 3 nitrogen and oxygen atoms in total. The fourth-order valence-electron chi connectivity index (χ4n) is 1.23. The van der Waals surface area contributed by atoms with E-state index in [1.54, 1.807) is 0 Å². The average Bonchev–Trinajstić information content (AvgIpc) is 2.21. The third-order valence-electron chi connectivity index (χ3n) is 2.05. The van der Waals surface area contributed by atoms with Crippen LogP contribution in [0.5, 0.6) is 5.75 Å². The van der Waals surface area contributed by atoms with Crippen LogP contribution in [0.2, 0.25) is 0 Å². The molecule has 0 aromatic heterocycles. The summed E-state index contributed by atoms with van der Waals surface area (Å²) in [6.45, 7) is 0. The standard InChI is InChI=1S/C10H8F4O3/c1-17-8-3-5(11)2-7(12)6(8)4-10(13,14)9(15)16/h2-3H,4H2,1H3,(H,15,16). The molecule has 1 N–H and O–H groups in total. The number of ether oxygens (including phenoxy) is 1. The van der Waals surface area contributed by atoms with Crippen molar-refractivity contribution in [1.82, 2.24) is 0 Å². The lowest BCUT2D eigenvalue weighted by Gasteiger charge is -2.14. The van der Waals surface area contributed by atoms with Gasteiger partial charge in [0, 0.05) is 17.7 Å². The number of halogens is 4. The highest BCUT2D eigenvalue weighted by Crippen LogP contribution is 2.29. The fraction of sp³-hybridized carbons (Fsp3) is 0.300. The van der Waals surface area contributed by atoms with Crippen LogP contribution in [0.15, 0.2) is 12.1 Å². The SMILES string of the molecule is COc1cc(F)cc(F)c1CC(F)(F)C(=O)O. The van der Waals surface area contributed by atoms with Gasteiger partial charge in [0.05, 0.1) is 13.5 Å². The Labute approximate surface area is 93.6 Å². The molecule has 0 saturated carbocycles. The number of rotatable bonds is 4. The molecule has 0 aliphatic carbocycles. The quantitative estimate of drug-likeness (QED) is 0.836. The van der Waals surface area contributed by atoms with Crippen molar-refractivity contribution in [3.8, 4) is 5.75 Å². The number of carboxylic acid groups (broad SMARTS) is 1. The number of methoxy groups -OCH3 is 1. The lowest BCUT2D eigenvalue weighted by Crippen LogP contribution is -2.31. The van der Waals surface area contributed by atoms with Crippen molar-refractivity contribution in [3.63, 3.8) is 0 Å². The number of carbonyl (C=O) groups is 1. The van der Waals surface area contributed by atoms with Crippen molar-refractivity contribution in [2.24, 2.45) is 0 Å². The fourth-order valence-corrected chi connectivity index (χ4v) is 1.23. The first-order chi connectivity index (χ1) is 7.77. The van der Waals surface area contributed by atoms with Gasteiger partial charge in [0.15, 0.2) is 0 Å². The molecule has 17 heavy (non-hydrogen) atoms. The van der Waals surface area contributed by atoms with E-state index in [-0.39, 0.29) is 0 Å². The minimum absolute atomic E-state index is 0.385. The summed E-state index contributed by atoms with van der Waals surface area (Å²) in [5.74, 6) is -9.26. The first-order valence-electron chi connectivity index (χ1n) is 4.41. The maximum atomic E-state index is 13.2. The van der Waals surface area contributed by atoms with Gasteiger partial charge in [-0.05, 0) is 0 Å². The molecule has 94 valence electrons. The molecule has 7 heteroatoms. The molecule has 0 atom stereocenters. The topological polar surface area (TPSA) is 46.5 Å². The molecule has 0 bridgehead atoms. The number of aliphatic carboxylic acids is 1. The zero-order chi connectivity index (χ0) is 13.2. The van der Waals surface area contributed by atoms with E-state index in [9.17, 15) is 22.4 Å². The van der Waals surface area contributed by atoms with Crippen LogP contribution in [-0.4, -0.2) is 24.1 Å². The Kier molecular flexibility index (Phi) is 3.59. The summed E-state index contributed by atoms with van der Waals surface area (Å²) in [5.41, 5.74) is -0.679. The van der Waals surface area contributed by atoms with Gasteiger partial charge in [-0.25, -0.2) is 13.6 Å². The van der Waals surface area contributed by atoms with Crippen molar-refractivity contribution in [1.29, 1.82) is 0 Å². The van der Waals surface area contributed by atoms with Crippen molar-refractivity contribution >= 4 is 5.97 Å². The molecule has 1 aromatic rings. The van der Waals surface area contributed by atoms with Crippen molar-refractivity contribution in [3.05, 3.63) is 29.3 Å². The average molecular weight is 252 g/mol. The minimum Gasteiger partial charge on any atom is -0.496 e. The van der Waals surface area contributed by atoms with Gasteiger partial charge in [-0.2, -0.15) is 8.78 Å². The molecule has 0 aliphatic heterocycles. The molecule has 0 saturated heterocycles. The van der Waals surface area contributed by atoms with Gasteiger partial charge < -0.3 is 9.84 Å². The maximum Gasteiger partial charge on any atom is 0.374 e. The summed E-state index contributed by atoms with van der Waals surface area (Å²) in [4.78, 5) is 10.2. The van der Waals surface area contributed by atoms with E-state index in [0.29, 0.717) is 12.1 Å². The normalized spacial score (nSPS) is 11.4. The number of benzene rings is 1. The maximum absolute atomic E-state index is 13.2. The molecule has 0 amide bonds. The predicted octanol–water partition coefficient (Wildman–Crippen LogP) is 2.24. The van der Waals surface area contributed by atoms with Crippen LogP contribution in [0.4, 0.5) is 17.6 Å². The second-order valence-electron chi connectivity index (χ2n) is 3.25. The van der Waals surface area contributed by atoms with E-state index in [2.05, 4.69) is 4.74 Å². The van der Waals surface area contributed by atoms with Crippen LogP contribution < -0.4 is 4.74 Å². The lowest BCUT2D eigenvalue weighted by atomic mass is 10.1. The summed E-state index contributed by atoms with van der Waals surface area (Å²) in [6, 6.07) is 1.09. The van der Waals surface area contributed by atoms with Crippen LogP contribution in [-0.2, 0) is 11.2 Å². The third-order valence-corrected chi connectivity index (χ3v) is 2.05. The van der Waals surface area contributed by atoms with Crippen molar-refractivity contribution < 1.29 is 32.2 Å². The molecule has 1 aromatic carbocycles. The predicted molar refractivity (Wildman–Crippen MR) is 49.2 cm³/mol. The zero-order valence-electron chi connectivity index (χ0n) is 8.64. The summed E-state index contributed by atoms with van der Waals surface area (Å²) in [7, 11) is 1.04. The number of hydrogen-bond acceptors (Lipinski definition) is 2. The Hall–Kier alpha value is -1.79. The van der Waals surface area contributed by atoms with Crippen LogP contribution in [0.25, 0.3) is 0 Å². The van der Waals surface area contributed by atoms with Gasteiger partial charge in [-0.3, -0.25) is 0 Å². The Morgan fingerprint density at radius 3 is 2.47 bits per heavy atom. The highest BCUT2D eigenvalue weighted by molar-refractivity contribution is 5.75. The van der Waals surface area contributed by atoms with Gasteiger partial charge in [0.1, 0.15) is 17.4 Å². The van der Waals surface area contributed by atoms with Gasteiger partial charge in [-0.1, -0.05) is 0 Å². The van der Waals surface area contributed by atoms with Gasteiger partial charge in [0.2, 0.25) is 0 Å². The minimum atomic E-state index is -4.15. The molecule has 1 rings (SSSR count). The van der Waals surface area contributed by atoms with Gasteiger partial charge in [-0.15, -0.1) is 0 Å². The highest BCUT2D eigenvalue weighted by atomic mass is 19.3.